The van der Waals surface area contributed by atoms with Gasteiger partial charge in [0.2, 0.25) is 4.84 Å². The van der Waals surface area contributed by atoms with Gasteiger partial charge in [0.05, 0.1) is 9.50 Å². The second-order valence-electron chi connectivity index (χ2n) is 1.87. The summed E-state index contributed by atoms with van der Waals surface area (Å²) < 4.78 is 0. The Hall–Kier alpha value is 0.490. The first kappa shape index (κ1) is 9.58. The summed E-state index contributed by atoms with van der Waals surface area (Å²) >= 11 is 15.5. The molecule has 1 rings (SSSR count). The van der Waals surface area contributed by atoms with Crippen LogP contribution >= 0.6 is 44.4 Å². The number of halogens is 2. The predicted octanol–water partition coefficient (Wildman–Crippen LogP) is 2.96. The molecule has 0 spiro atoms. The molecule has 11 heavy (non-hydrogen) atoms. The van der Waals surface area contributed by atoms with Crippen LogP contribution in [0.1, 0.15) is 21.8 Å². The molecule has 0 N–H and O–H groups in total. The standard InChI is InChI=1S/C5H7Cl2N2S2/c1-2-3-8-9-5(4(6)7)11(3)10/h4,10H,2H2,1H3/q+1. The zero-order valence-electron chi connectivity index (χ0n) is 5.79. The average molecular weight is 230 g/mol. The van der Waals surface area contributed by atoms with Crippen LogP contribution in [-0.4, -0.2) is 10.2 Å². The van der Waals surface area contributed by atoms with Crippen molar-refractivity contribution in [1.29, 1.82) is 0 Å². The molecule has 0 bridgehead atoms. The SMILES string of the molecule is CCc1nnc(C(Cl)Cl)[s+]1S. The Balaban J connectivity index is 3.00. The van der Waals surface area contributed by atoms with Crippen molar-refractivity contribution in [2.45, 2.75) is 18.2 Å². The maximum Gasteiger partial charge on any atom is 0.308 e. The molecule has 0 saturated heterocycles. The van der Waals surface area contributed by atoms with E-state index in [1.54, 1.807) is 0 Å². The molecule has 0 aliphatic rings. The summed E-state index contributed by atoms with van der Waals surface area (Å²) in [6.45, 7) is 2.00. The van der Waals surface area contributed by atoms with E-state index < -0.39 is 4.84 Å². The topological polar surface area (TPSA) is 25.8 Å². The van der Waals surface area contributed by atoms with E-state index in [0.717, 1.165) is 11.4 Å². The molecule has 1 aromatic rings. The van der Waals surface area contributed by atoms with Crippen LogP contribution in [0.25, 0.3) is 0 Å². The van der Waals surface area contributed by atoms with Gasteiger partial charge in [0.25, 0.3) is 5.01 Å². The Morgan fingerprint density at radius 2 is 2.18 bits per heavy atom. The molecular weight excluding hydrogens is 223 g/mol. The van der Waals surface area contributed by atoms with Crippen molar-refractivity contribution in [2.75, 3.05) is 0 Å². The fourth-order valence-electron chi connectivity index (χ4n) is 0.639. The maximum atomic E-state index is 5.62. The molecule has 0 radical (unpaired) electrons. The van der Waals surface area contributed by atoms with Crippen LogP contribution in [-0.2, 0) is 6.42 Å². The van der Waals surface area contributed by atoms with Gasteiger partial charge in [0.1, 0.15) is 11.7 Å². The summed E-state index contributed by atoms with van der Waals surface area (Å²) in [5.41, 5.74) is 0. The highest BCUT2D eigenvalue weighted by Crippen LogP contribution is 2.38. The third-order valence-corrected chi connectivity index (χ3v) is 4.57. The quantitative estimate of drug-likeness (QED) is 0.366. The molecule has 2 nitrogen and oxygen atoms in total. The molecule has 1 heterocycles. The fourth-order valence-corrected chi connectivity index (χ4v) is 3.48. The van der Waals surface area contributed by atoms with Crippen molar-refractivity contribution < 1.29 is 0 Å². The first-order valence-corrected chi connectivity index (χ1v) is 6.17. The highest BCUT2D eigenvalue weighted by molar-refractivity contribution is 8.33. The van der Waals surface area contributed by atoms with E-state index >= 15 is 0 Å². The van der Waals surface area contributed by atoms with Crippen LogP contribution in [0.15, 0.2) is 0 Å². The van der Waals surface area contributed by atoms with E-state index in [1.165, 1.54) is 0 Å². The summed E-state index contributed by atoms with van der Waals surface area (Å²) in [7, 11) is -0.348. The van der Waals surface area contributed by atoms with Gasteiger partial charge in [0, 0.05) is 6.42 Å². The summed E-state index contributed by atoms with van der Waals surface area (Å²) in [4.78, 5) is -0.580. The molecule has 1 aromatic heterocycles. The summed E-state index contributed by atoms with van der Waals surface area (Å²) in [5.74, 6) is 0. The summed E-state index contributed by atoms with van der Waals surface area (Å²) in [5, 5.41) is 9.37. The molecule has 0 saturated carbocycles. The highest BCUT2D eigenvalue weighted by atomic mass is 35.5. The van der Waals surface area contributed by atoms with Crippen LogP contribution in [0.3, 0.4) is 0 Å². The third kappa shape index (κ3) is 1.99. The van der Waals surface area contributed by atoms with Gasteiger partial charge in [-0.05, 0) is 0 Å². The van der Waals surface area contributed by atoms with Crippen LogP contribution in [0.4, 0.5) is 0 Å². The van der Waals surface area contributed by atoms with Gasteiger partial charge in [0.15, 0.2) is 0 Å². The molecule has 62 valence electrons. The van der Waals surface area contributed by atoms with Gasteiger partial charge < -0.3 is 0 Å². The average Bonchev–Trinajstić information content (AvgIpc) is 2.30. The van der Waals surface area contributed by atoms with E-state index in [4.69, 9.17) is 23.2 Å². The Morgan fingerprint density at radius 3 is 2.45 bits per heavy atom. The number of hydrogen-bond donors (Lipinski definition) is 1. The van der Waals surface area contributed by atoms with Crippen molar-refractivity contribution in [3.8, 4) is 0 Å². The van der Waals surface area contributed by atoms with E-state index in [-0.39, 0.29) is 9.50 Å². The van der Waals surface area contributed by atoms with Crippen molar-refractivity contribution >= 4 is 44.4 Å². The number of rotatable bonds is 2. The van der Waals surface area contributed by atoms with Crippen LogP contribution in [0.2, 0.25) is 0 Å². The maximum absolute atomic E-state index is 5.62. The molecule has 1 unspecified atom stereocenters. The zero-order valence-corrected chi connectivity index (χ0v) is 9.01. The van der Waals surface area contributed by atoms with Gasteiger partial charge in [-0.2, -0.15) is 0 Å². The minimum Gasteiger partial charge on any atom is -0.0936 e. The van der Waals surface area contributed by atoms with Gasteiger partial charge >= 0.3 is 5.01 Å². The van der Waals surface area contributed by atoms with E-state index in [9.17, 15) is 0 Å². The Morgan fingerprint density at radius 1 is 1.55 bits per heavy atom. The molecule has 1 atom stereocenters. The number of nitrogens with zero attached hydrogens (tertiary/aromatic N) is 2. The van der Waals surface area contributed by atoms with E-state index in [1.807, 2.05) is 6.92 Å². The molecule has 0 aromatic carbocycles. The van der Waals surface area contributed by atoms with Crippen molar-refractivity contribution in [3.05, 3.63) is 10.0 Å². The van der Waals surface area contributed by atoms with Crippen LogP contribution in [0.5, 0.6) is 0 Å². The normalized spacial score (nSPS) is 12.6. The minimum absolute atomic E-state index is 0.348. The predicted molar refractivity (Wildman–Crippen MR) is 52.7 cm³/mol. The van der Waals surface area contributed by atoms with Gasteiger partial charge in [-0.25, -0.2) is 0 Å². The second-order valence-corrected chi connectivity index (χ2v) is 5.52. The third-order valence-electron chi connectivity index (χ3n) is 1.17. The zero-order chi connectivity index (χ0) is 8.43. The molecule has 0 aliphatic heterocycles. The fraction of sp³-hybridized carbons (Fsp3) is 0.600. The lowest BCUT2D eigenvalue weighted by Crippen LogP contribution is -1.78. The first-order valence-electron chi connectivity index (χ1n) is 3.02. The van der Waals surface area contributed by atoms with Crippen LogP contribution < -0.4 is 0 Å². The Labute approximate surface area is 82.7 Å². The van der Waals surface area contributed by atoms with Gasteiger partial charge in [-0.3, -0.25) is 0 Å². The Bertz CT molecular complexity index is 249. The molecular formula is C5H7Cl2N2S2+. The number of hydrogen-bond acceptors (Lipinski definition) is 3. The van der Waals surface area contributed by atoms with Crippen molar-refractivity contribution in [3.63, 3.8) is 0 Å². The van der Waals surface area contributed by atoms with E-state index in [2.05, 4.69) is 21.9 Å². The van der Waals surface area contributed by atoms with E-state index in [0.29, 0.717) is 5.01 Å². The molecule has 0 aliphatic carbocycles. The highest BCUT2D eigenvalue weighted by Gasteiger charge is 2.25. The second kappa shape index (κ2) is 3.94. The van der Waals surface area contributed by atoms with Gasteiger partial charge in [-0.15, -0.1) is 0 Å². The summed E-state index contributed by atoms with van der Waals surface area (Å²) in [6.07, 6.45) is 0.847. The minimum atomic E-state index is -0.580. The number of alkyl halides is 2. The number of thiol groups is 1. The number of aromatic nitrogens is 2. The molecule has 6 heteroatoms. The van der Waals surface area contributed by atoms with Crippen LogP contribution in [0, 0.1) is 0 Å². The smallest absolute Gasteiger partial charge is 0.0936 e. The van der Waals surface area contributed by atoms with Crippen molar-refractivity contribution in [1.82, 2.24) is 10.2 Å². The number of aryl methyl sites for hydroxylation is 1. The summed E-state index contributed by atoms with van der Waals surface area (Å²) in [6, 6.07) is 0. The lowest BCUT2D eigenvalue weighted by Gasteiger charge is -1.85. The molecule has 0 amide bonds. The monoisotopic (exact) mass is 229 g/mol. The van der Waals surface area contributed by atoms with Gasteiger partial charge in [-0.1, -0.05) is 40.3 Å². The van der Waals surface area contributed by atoms with Crippen molar-refractivity contribution in [2.24, 2.45) is 0 Å². The lowest BCUT2D eigenvalue weighted by atomic mass is 10.5. The first-order chi connectivity index (χ1) is 5.16. The Kier molecular flexibility index (Phi) is 3.43. The molecule has 0 fully saturated rings. The largest absolute Gasteiger partial charge is 0.308 e. The lowest BCUT2D eigenvalue weighted by molar-refractivity contribution is 0.957.